The molecule has 2 atom stereocenters. The topological polar surface area (TPSA) is 121 Å². The highest BCUT2D eigenvalue weighted by Gasteiger charge is 2.47. The summed E-state index contributed by atoms with van der Waals surface area (Å²) in [5, 5.41) is 10.9. The van der Waals surface area contributed by atoms with Gasteiger partial charge in [0.1, 0.15) is 17.5 Å². The molecular formula is C33H25ClN2O7S. The van der Waals surface area contributed by atoms with Crippen LogP contribution in [0.25, 0.3) is 0 Å². The van der Waals surface area contributed by atoms with Crippen molar-refractivity contribution in [2.75, 3.05) is 6.54 Å². The standard InChI is InChI=1S/C33H25ClN2O7S/c1-22(36-31(37)28-11-5-6-12-29(28)32(36)38)30(33(39)40)35(21-7-8-23-13-15-24(34)16-14-23)44(41,42)27-19-17-26(18-20-27)43-25-9-3-2-4-10-25/h2-6,9-20,22,30H,21H2,1H3,(H,39,40). The van der Waals surface area contributed by atoms with Gasteiger partial charge >= 0.3 is 5.97 Å². The number of amides is 2. The van der Waals surface area contributed by atoms with Gasteiger partial charge in [0.05, 0.1) is 28.6 Å². The van der Waals surface area contributed by atoms with Crippen LogP contribution in [0, 0.1) is 11.8 Å². The molecule has 1 N–H and O–H groups in total. The van der Waals surface area contributed by atoms with Gasteiger partial charge in [0, 0.05) is 10.6 Å². The Morgan fingerprint density at radius 3 is 1.98 bits per heavy atom. The van der Waals surface area contributed by atoms with Gasteiger partial charge in [0.15, 0.2) is 0 Å². The zero-order valence-electron chi connectivity index (χ0n) is 23.3. The number of sulfonamides is 1. The van der Waals surface area contributed by atoms with Crippen LogP contribution < -0.4 is 4.74 Å². The average molecular weight is 629 g/mol. The number of carboxylic acids is 1. The first kappa shape index (κ1) is 30.5. The van der Waals surface area contributed by atoms with Crippen molar-refractivity contribution in [1.29, 1.82) is 0 Å². The molecule has 1 heterocycles. The van der Waals surface area contributed by atoms with Crippen molar-refractivity contribution in [1.82, 2.24) is 9.21 Å². The number of aliphatic carboxylic acids is 1. The third-order valence-electron chi connectivity index (χ3n) is 6.97. The van der Waals surface area contributed by atoms with Crippen LogP contribution in [0.2, 0.25) is 5.02 Å². The van der Waals surface area contributed by atoms with E-state index in [9.17, 15) is 27.9 Å². The molecule has 2 amide bonds. The molecule has 0 saturated heterocycles. The van der Waals surface area contributed by atoms with Crippen LogP contribution in [0.4, 0.5) is 0 Å². The molecule has 0 aliphatic carbocycles. The molecule has 2 unspecified atom stereocenters. The summed E-state index contributed by atoms with van der Waals surface area (Å²) in [6.45, 7) is 0.768. The van der Waals surface area contributed by atoms with Crippen LogP contribution in [-0.4, -0.2) is 59.1 Å². The van der Waals surface area contributed by atoms with Crippen molar-refractivity contribution < 1.29 is 32.6 Å². The van der Waals surface area contributed by atoms with E-state index >= 15 is 0 Å². The lowest BCUT2D eigenvalue weighted by Gasteiger charge is -2.34. The molecule has 9 nitrogen and oxygen atoms in total. The molecular weight excluding hydrogens is 604 g/mol. The summed E-state index contributed by atoms with van der Waals surface area (Å²) >= 11 is 5.94. The number of hydrogen-bond acceptors (Lipinski definition) is 6. The van der Waals surface area contributed by atoms with Crippen molar-refractivity contribution in [2.24, 2.45) is 0 Å². The molecule has 11 heteroatoms. The molecule has 222 valence electrons. The molecule has 0 bridgehead atoms. The van der Waals surface area contributed by atoms with Crippen LogP contribution in [0.3, 0.4) is 0 Å². The Bertz CT molecular complexity index is 1850. The fourth-order valence-electron chi connectivity index (χ4n) is 4.81. The van der Waals surface area contributed by atoms with Crippen LogP contribution in [0.1, 0.15) is 33.2 Å². The molecule has 0 spiro atoms. The largest absolute Gasteiger partial charge is 0.480 e. The quantitative estimate of drug-likeness (QED) is 0.197. The van der Waals surface area contributed by atoms with Gasteiger partial charge in [-0.15, -0.1) is 0 Å². The maximum atomic E-state index is 14.1. The second-order valence-electron chi connectivity index (χ2n) is 9.80. The highest BCUT2D eigenvalue weighted by atomic mass is 35.5. The Morgan fingerprint density at radius 1 is 0.864 bits per heavy atom. The Morgan fingerprint density at radius 2 is 1.41 bits per heavy atom. The van der Waals surface area contributed by atoms with E-state index in [0.717, 1.165) is 4.90 Å². The van der Waals surface area contributed by atoms with Crippen molar-refractivity contribution in [3.8, 4) is 23.3 Å². The Balaban J connectivity index is 1.51. The van der Waals surface area contributed by atoms with Gasteiger partial charge in [0.25, 0.3) is 11.8 Å². The Labute approximate surface area is 259 Å². The number of hydrogen-bond donors (Lipinski definition) is 1. The lowest BCUT2D eigenvalue weighted by atomic mass is 10.1. The number of para-hydroxylation sites is 1. The highest BCUT2D eigenvalue weighted by Crippen LogP contribution is 2.30. The van der Waals surface area contributed by atoms with E-state index in [1.807, 2.05) is 6.07 Å². The van der Waals surface area contributed by atoms with E-state index in [2.05, 4.69) is 11.8 Å². The monoisotopic (exact) mass is 628 g/mol. The molecule has 1 aliphatic heterocycles. The van der Waals surface area contributed by atoms with E-state index in [1.165, 1.54) is 43.3 Å². The van der Waals surface area contributed by atoms with E-state index in [-0.39, 0.29) is 16.0 Å². The smallest absolute Gasteiger partial charge is 0.324 e. The molecule has 44 heavy (non-hydrogen) atoms. The van der Waals surface area contributed by atoms with E-state index in [1.54, 1.807) is 60.7 Å². The first-order valence-corrected chi connectivity index (χ1v) is 15.2. The maximum absolute atomic E-state index is 14.1. The third-order valence-corrected chi connectivity index (χ3v) is 9.07. The zero-order chi connectivity index (χ0) is 31.4. The van der Waals surface area contributed by atoms with Gasteiger partial charge in [-0.1, -0.05) is 53.8 Å². The summed E-state index contributed by atoms with van der Waals surface area (Å²) in [5.74, 6) is 3.48. The van der Waals surface area contributed by atoms with Crippen molar-refractivity contribution in [2.45, 2.75) is 23.9 Å². The summed E-state index contributed by atoms with van der Waals surface area (Å²) in [5.41, 5.74) is 0.744. The predicted octanol–water partition coefficient (Wildman–Crippen LogP) is 5.31. The average Bonchev–Trinajstić information content (AvgIpc) is 3.27. The minimum Gasteiger partial charge on any atom is -0.480 e. The zero-order valence-corrected chi connectivity index (χ0v) is 24.8. The lowest BCUT2D eigenvalue weighted by Crippen LogP contribution is -2.57. The number of rotatable bonds is 9. The number of fused-ring (bicyclic) bond motifs is 1. The van der Waals surface area contributed by atoms with Crippen molar-refractivity contribution in [3.05, 3.63) is 125 Å². The van der Waals surface area contributed by atoms with Crippen molar-refractivity contribution in [3.63, 3.8) is 0 Å². The van der Waals surface area contributed by atoms with Crippen LogP contribution in [0.15, 0.2) is 108 Å². The van der Waals surface area contributed by atoms with Crippen LogP contribution >= 0.6 is 11.6 Å². The number of carboxylic acid groups (broad SMARTS) is 1. The number of benzene rings is 4. The fraction of sp³-hybridized carbons (Fsp3) is 0.121. The van der Waals surface area contributed by atoms with E-state index in [4.69, 9.17) is 16.3 Å². The molecule has 4 aromatic carbocycles. The number of ether oxygens (including phenoxy) is 1. The maximum Gasteiger partial charge on any atom is 0.324 e. The SMILES string of the molecule is CC(C(C(=O)O)N(CC#Cc1ccc(Cl)cc1)S(=O)(=O)c1ccc(Oc2ccccc2)cc1)N1C(=O)c2ccccc2C1=O. The Hall–Kier alpha value is -4.95. The lowest BCUT2D eigenvalue weighted by molar-refractivity contribution is -0.142. The van der Waals surface area contributed by atoms with Gasteiger partial charge in [-0.2, -0.15) is 4.31 Å². The van der Waals surface area contributed by atoms with Crippen LogP contribution in [-0.2, 0) is 14.8 Å². The fourth-order valence-corrected chi connectivity index (χ4v) is 6.49. The number of carbonyl (C=O) groups is 3. The number of nitrogens with zero attached hydrogens (tertiary/aromatic N) is 2. The summed E-state index contributed by atoms with van der Waals surface area (Å²) in [6, 6.07) is 23.7. The van der Waals surface area contributed by atoms with E-state index in [0.29, 0.717) is 26.4 Å². The number of carbonyl (C=O) groups excluding carboxylic acids is 2. The second kappa shape index (κ2) is 12.7. The van der Waals surface area contributed by atoms with E-state index < -0.39 is 46.4 Å². The molecule has 0 fully saturated rings. The minimum atomic E-state index is -4.55. The first-order valence-electron chi connectivity index (χ1n) is 13.4. The third kappa shape index (κ3) is 6.21. The Kier molecular flexibility index (Phi) is 8.83. The summed E-state index contributed by atoms with van der Waals surface area (Å²) in [7, 11) is -4.55. The molecule has 0 radical (unpaired) electrons. The first-order chi connectivity index (χ1) is 21.1. The summed E-state index contributed by atoms with van der Waals surface area (Å²) < 4.78 is 34.6. The molecule has 0 saturated carbocycles. The molecule has 4 aromatic rings. The molecule has 5 rings (SSSR count). The van der Waals surface area contributed by atoms with Gasteiger partial charge < -0.3 is 9.84 Å². The molecule has 1 aliphatic rings. The van der Waals surface area contributed by atoms with Crippen LogP contribution in [0.5, 0.6) is 11.5 Å². The van der Waals surface area contributed by atoms with Gasteiger partial charge in [-0.05, 0) is 79.7 Å². The minimum absolute atomic E-state index is 0.111. The van der Waals surface area contributed by atoms with Gasteiger partial charge in [0.2, 0.25) is 10.0 Å². The number of imide groups is 1. The predicted molar refractivity (Wildman–Crippen MR) is 163 cm³/mol. The summed E-state index contributed by atoms with van der Waals surface area (Å²) in [6.07, 6.45) is 0. The summed E-state index contributed by atoms with van der Waals surface area (Å²) in [4.78, 5) is 39.8. The second-order valence-corrected chi connectivity index (χ2v) is 12.1. The van der Waals surface area contributed by atoms with Gasteiger partial charge in [-0.3, -0.25) is 19.3 Å². The van der Waals surface area contributed by atoms with Crippen molar-refractivity contribution >= 4 is 39.4 Å². The number of halogens is 1. The molecule has 0 aromatic heterocycles. The van der Waals surface area contributed by atoms with Gasteiger partial charge in [-0.25, -0.2) is 8.42 Å². The normalized spacial score (nSPS) is 14.0. The highest BCUT2D eigenvalue weighted by molar-refractivity contribution is 7.89.